The van der Waals surface area contributed by atoms with Gasteiger partial charge in [-0.1, -0.05) is 18.7 Å². The van der Waals surface area contributed by atoms with Crippen LogP contribution in [0.4, 0.5) is 10.5 Å². The molecule has 1 aliphatic heterocycles. The van der Waals surface area contributed by atoms with Crippen molar-refractivity contribution < 1.29 is 24.2 Å². The Hall–Kier alpha value is -3.72. The van der Waals surface area contributed by atoms with Crippen LogP contribution in [-0.2, 0) is 4.74 Å². The Morgan fingerprint density at radius 1 is 1.34 bits per heavy atom. The van der Waals surface area contributed by atoms with Gasteiger partial charge in [0.15, 0.2) is 0 Å². The third kappa shape index (κ3) is 5.12. The van der Waals surface area contributed by atoms with E-state index in [1.54, 1.807) is 29.4 Å². The van der Waals surface area contributed by atoms with E-state index in [9.17, 15) is 14.7 Å². The lowest BCUT2D eigenvalue weighted by Gasteiger charge is -2.35. The molecule has 1 aromatic heterocycles. The number of aryl methyl sites for hydroxylation is 1. The first kappa shape index (κ1) is 23.0. The molecule has 32 heavy (non-hydrogen) atoms. The summed E-state index contributed by atoms with van der Waals surface area (Å²) in [6, 6.07) is 2.79. The topological polar surface area (TPSA) is 114 Å². The van der Waals surface area contributed by atoms with Gasteiger partial charge >= 0.3 is 6.09 Å². The van der Waals surface area contributed by atoms with Gasteiger partial charge in [0, 0.05) is 24.5 Å². The summed E-state index contributed by atoms with van der Waals surface area (Å²) < 4.78 is 10.4. The number of nitrogens with one attached hydrogen (secondary N) is 1. The van der Waals surface area contributed by atoms with Gasteiger partial charge in [0.2, 0.25) is 0 Å². The number of benzene rings is 1. The molecule has 0 fully saturated rings. The van der Waals surface area contributed by atoms with Gasteiger partial charge in [-0.3, -0.25) is 10.1 Å². The van der Waals surface area contributed by atoms with E-state index in [2.05, 4.69) is 21.9 Å². The molecule has 168 valence electrons. The molecule has 1 aromatic carbocycles. The van der Waals surface area contributed by atoms with E-state index in [1.807, 2.05) is 13.0 Å². The van der Waals surface area contributed by atoms with E-state index in [0.717, 1.165) is 16.7 Å². The monoisotopic (exact) mass is 438 g/mol. The molecule has 0 aliphatic carbocycles. The van der Waals surface area contributed by atoms with Crippen molar-refractivity contribution in [2.24, 2.45) is 0 Å². The van der Waals surface area contributed by atoms with E-state index >= 15 is 0 Å². The van der Waals surface area contributed by atoms with Crippen LogP contribution in [0.15, 0.2) is 49.6 Å². The lowest BCUT2D eigenvalue weighted by molar-refractivity contribution is 0.0619. The fourth-order valence-electron chi connectivity index (χ4n) is 3.54. The van der Waals surface area contributed by atoms with Gasteiger partial charge in [0.05, 0.1) is 31.0 Å². The van der Waals surface area contributed by atoms with E-state index in [-0.39, 0.29) is 31.2 Å². The fourth-order valence-corrected chi connectivity index (χ4v) is 3.54. The molecule has 9 heteroatoms. The Bertz CT molecular complexity index is 1020. The summed E-state index contributed by atoms with van der Waals surface area (Å²) in [5.74, 6) is 0.162. The molecule has 2 N–H and O–H groups in total. The van der Waals surface area contributed by atoms with E-state index in [1.165, 1.54) is 19.5 Å². The van der Waals surface area contributed by atoms with E-state index < -0.39 is 12.1 Å². The average molecular weight is 438 g/mol. The van der Waals surface area contributed by atoms with Gasteiger partial charge < -0.3 is 19.5 Å². The zero-order valence-corrected chi connectivity index (χ0v) is 18.1. The number of nitrogens with zero attached hydrogens (tertiary/aromatic N) is 3. The molecule has 1 atom stereocenters. The Balaban J connectivity index is 1.92. The van der Waals surface area contributed by atoms with Crippen LogP contribution >= 0.6 is 0 Å². The smallest absolute Gasteiger partial charge is 0.411 e. The Kier molecular flexibility index (Phi) is 7.56. The predicted molar refractivity (Wildman–Crippen MR) is 119 cm³/mol. The van der Waals surface area contributed by atoms with Crippen LogP contribution in [0.25, 0.3) is 5.57 Å². The molecule has 2 amide bonds. The molecule has 1 aliphatic rings. The van der Waals surface area contributed by atoms with Crippen molar-refractivity contribution in [3.8, 4) is 5.75 Å². The molecule has 0 spiro atoms. The first-order valence-corrected chi connectivity index (χ1v) is 10.1. The number of aliphatic hydroxyl groups is 1. The summed E-state index contributed by atoms with van der Waals surface area (Å²) in [5, 5.41) is 12.6. The number of anilines is 1. The molecule has 0 radical (unpaired) electrons. The van der Waals surface area contributed by atoms with Gasteiger partial charge in [-0.05, 0) is 36.6 Å². The summed E-state index contributed by atoms with van der Waals surface area (Å²) in [6.07, 6.45) is 7.96. The Morgan fingerprint density at radius 3 is 2.75 bits per heavy atom. The highest BCUT2D eigenvalue weighted by atomic mass is 16.5. The molecule has 0 unspecified atom stereocenters. The minimum atomic E-state index is -0.702. The third-order valence-electron chi connectivity index (χ3n) is 5.17. The van der Waals surface area contributed by atoms with Crippen molar-refractivity contribution >= 4 is 23.3 Å². The molecule has 2 aromatic rings. The number of hydrogen-bond donors (Lipinski definition) is 2. The van der Waals surface area contributed by atoms with E-state index in [4.69, 9.17) is 9.47 Å². The number of aromatic nitrogens is 2. The number of aliphatic hydroxyl groups excluding tert-OH is 1. The Labute approximate surface area is 186 Å². The zero-order valence-electron chi connectivity index (χ0n) is 18.1. The van der Waals surface area contributed by atoms with Crippen LogP contribution in [0.3, 0.4) is 0 Å². The van der Waals surface area contributed by atoms with Gasteiger partial charge in [0.1, 0.15) is 18.7 Å². The molecule has 9 nitrogen and oxygen atoms in total. The van der Waals surface area contributed by atoms with Crippen LogP contribution in [-0.4, -0.2) is 64.9 Å². The predicted octanol–water partition coefficient (Wildman–Crippen LogP) is 2.82. The second kappa shape index (κ2) is 10.5. The van der Waals surface area contributed by atoms with Gasteiger partial charge in [-0.2, -0.15) is 0 Å². The lowest BCUT2D eigenvalue weighted by Crippen LogP contribution is -2.45. The van der Waals surface area contributed by atoms with Crippen LogP contribution in [0.5, 0.6) is 5.75 Å². The number of carbonyl (C=O) groups is 2. The maximum absolute atomic E-state index is 13.5. The standard InChI is InChI=1S/C23H26N4O5/c1-4-7-32-23(30)26-20-8-15(2)21(31-3)10-19(20)22(29)27-6-5-16(9-18(27)13-28)17-11-24-14-25-12-17/h4-5,8,10-12,14,18,28H,1,6-7,9,13H2,2-3H3,(H,26,30)/t18-/m0/s1. The molecule has 0 bridgehead atoms. The fraction of sp³-hybridized carbons (Fsp3) is 0.304. The first-order valence-electron chi connectivity index (χ1n) is 10.1. The summed E-state index contributed by atoms with van der Waals surface area (Å²) >= 11 is 0. The average Bonchev–Trinajstić information content (AvgIpc) is 2.82. The molecular formula is C23H26N4O5. The number of rotatable bonds is 7. The van der Waals surface area contributed by atoms with Gasteiger partial charge in [-0.15, -0.1) is 0 Å². The van der Waals surface area contributed by atoms with Crippen molar-refractivity contribution in [1.29, 1.82) is 0 Å². The normalized spacial score (nSPS) is 15.5. The second-order valence-electron chi connectivity index (χ2n) is 7.23. The highest BCUT2D eigenvalue weighted by Gasteiger charge is 2.30. The van der Waals surface area contributed by atoms with E-state index in [0.29, 0.717) is 17.9 Å². The number of hydrogen-bond acceptors (Lipinski definition) is 7. The SMILES string of the molecule is C=CCOC(=O)Nc1cc(C)c(OC)cc1C(=O)N1CC=C(c2cncnc2)C[C@H]1CO. The molecule has 2 heterocycles. The van der Waals surface area contributed by atoms with Crippen molar-refractivity contribution in [3.63, 3.8) is 0 Å². The maximum atomic E-state index is 13.5. The van der Waals surface area contributed by atoms with Gasteiger partial charge in [-0.25, -0.2) is 14.8 Å². The quantitative estimate of drug-likeness (QED) is 0.639. The van der Waals surface area contributed by atoms with Crippen molar-refractivity contribution in [1.82, 2.24) is 14.9 Å². The van der Waals surface area contributed by atoms with Crippen LogP contribution in [0.1, 0.15) is 27.9 Å². The molecule has 0 saturated carbocycles. The number of ether oxygens (including phenoxy) is 2. The molecular weight excluding hydrogens is 412 g/mol. The minimum absolute atomic E-state index is 0.0414. The van der Waals surface area contributed by atoms with Crippen molar-refractivity contribution in [3.05, 3.63) is 66.3 Å². The van der Waals surface area contributed by atoms with Crippen LogP contribution < -0.4 is 10.1 Å². The highest BCUT2D eigenvalue weighted by Crippen LogP contribution is 2.31. The highest BCUT2D eigenvalue weighted by molar-refractivity contribution is 6.03. The minimum Gasteiger partial charge on any atom is -0.496 e. The summed E-state index contributed by atoms with van der Waals surface area (Å²) in [4.78, 5) is 35.2. The van der Waals surface area contributed by atoms with Crippen molar-refractivity contribution in [2.45, 2.75) is 19.4 Å². The van der Waals surface area contributed by atoms with Crippen LogP contribution in [0, 0.1) is 6.92 Å². The summed E-state index contributed by atoms with van der Waals surface area (Å²) in [6.45, 7) is 5.42. The largest absolute Gasteiger partial charge is 0.496 e. The molecule has 3 rings (SSSR count). The summed E-state index contributed by atoms with van der Waals surface area (Å²) in [7, 11) is 1.51. The zero-order chi connectivity index (χ0) is 23.1. The second-order valence-corrected chi connectivity index (χ2v) is 7.23. The molecule has 0 saturated heterocycles. The third-order valence-corrected chi connectivity index (χ3v) is 5.17. The lowest BCUT2D eigenvalue weighted by atomic mass is 9.95. The van der Waals surface area contributed by atoms with Crippen LogP contribution in [0.2, 0.25) is 0 Å². The van der Waals surface area contributed by atoms with Crippen molar-refractivity contribution in [2.75, 3.05) is 32.2 Å². The number of methoxy groups -OCH3 is 1. The summed E-state index contributed by atoms with van der Waals surface area (Å²) in [5.41, 5.74) is 3.09. The van der Waals surface area contributed by atoms with Gasteiger partial charge in [0.25, 0.3) is 5.91 Å². The maximum Gasteiger partial charge on any atom is 0.411 e. The number of amides is 2. The Morgan fingerprint density at radius 2 is 2.09 bits per heavy atom. The first-order chi connectivity index (χ1) is 15.5. The number of carbonyl (C=O) groups excluding carboxylic acids is 2.